The third-order valence-electron chi connectivity index (χ3n) is 3.09. The Bertz CT molecular complexity index is 763. The second-order valence-corrected chi connectivity index (χ2v) is 6.56. The van der Waals surface area contributed by atoms with Gasteiger partial charge in [0.05, 0.1) is 11.6 Å². The van der Waals surface area contributed by atoms with Gasteiger partial charge in [-0.25, -0.2) is 5.84 Å². The molecule has 0 radical (unpaired) electrons. The summed E-state index contributed by atoms with van der Waals surface area (Å²) in [5.41, 5.74) is 3.84. The maximum absolute atomic E-state index is 11.2. The van der Waals surface area contributed by atoms with Gasteiger partial charge in [0.2, 0.25) is 0 Å². The minimum absolute atomic E-state index is 0.389. The van der Waals surface area contributed by atoms with Gasteiger partial charge < -0.3 is 9.47 Å². The summed E-state index contributed by atoms with van der Waals surface area (Å²) in [6, 6.07) is 11.5. The van der Waals surface area contributed by atoms with Crippen LogP contribution in [-0.4, -0.2) is 13.0 Å². The molecule has 126 valence electrons. The SMILES string of the molecule is COc1cc(/C=C/C(=O)NN)cc(Br)c1OCc1cccc(Br)c1. The Morgan fingerprint density at radius 1 is 1.29 bits per heavy atom. The van der Waals surface area contributed by atoms with Crippen LogP contribution in [0, 0.1) is 0 Å². The molecule has 3 N–H and O–H groups in total. The van der Waals surface area contributed by atoms with Crippen molar-refractivity contribution in [2.45, 2.75) is 6.61 Å². The van der Waals surface area contributed by atoms with E-state index in [9.17, 15) is 4.79 Å². The van der Waals surface area contributed by atoms with E-state index >= 15 is 0 Å². The van der Waals surface area contributed by atoms with E-state index in [0.29, 0.717) is 18.1 Å². The summed E-state index contributed by atoms with van der Waals surface area (Å²) in [6.45, 7) is 0.402. The normalized spacial score (nSPS) is 10.7. The molecule has 1 amide bonds. The highest BCUT2D eigenvalue weighted by molar-refractivity contribution is 9.10. The predicted molar refractivity (Wildman–Crippen MR) is 101 cm³/mol. The quantitative estimate of drug-likeness (QED) is 0.300. The van der Waals surface area contributed by atoms with Crippen LogP contribution in [0.2, 0.25) is 0 Å². The Hall–Kier alpha value is -1.83. The number of nitrogens with two attached hydrogens (primary N) is 1. The minimum atomic E-state index is -0.389. The van der Waals surface area contributed by atoms with Crippen LogP contribution in [0.3, 0.4) is 0 Å². The van der Waals surface area contributed by atoms with E-state index in [1.165, 1.54) is 6.08 Å². The molecular weight excluding hydrogens is 440 g/mol. The molecule has 5 nitrogen and oxygen atoms in total. The number of halogens is 2. The molecule has 0 spiro atoms. The van der Waals surface area contributed by atoms with Crippen molar-refractivity contribution < 1.29 is 14.3 Å². The van der Waals surface area contributed by atoms with Crippen molar-refractivity contribution in [2.24, 2.45) is 5.84 Å². The number of nitrogens with one attached hydrogen (secondary N) is 1. The summed E-state index contributed by atoms with van der Waals surface area (Å²) in [5.74, 6) is 5.81. The third-order valence-corrected chi connectivity index (χ3v) is 4.18. The van der Waals surface area contributed by atoms with Crippen molar-refractivity contribution in [3.63, 3.8) is 0 Å². The van der Waals surface area contributed by atoms with Crippen LogP contribution in [0.15, 0.2) is 51.4 Å². The van der Waals surface area contributed by atoms with E-state index in [1.807, 2.05) is 35.8 Å². The van der Waals surface area contributed by atoms with Crippen LogP contribution in [-0.2, 0) is 11.4 Å². The van der Waals surface area contributed by atoms with Crippen LogP contribution in [0.25, 0.3) is 6.08 Å². The van der Waals surface area contributed by atoms with Gasteiger partial charge in [-0.05, 0) is 57.4 Å². The van der Waals surface area contributed by atoms with Gasteiger partial charge in [0.25, 0.3) is 5.91 Å². The molecule has 2 aromatic carbocycles. The van der Waals surface area contributed by atoms with Gasteiger partial charge in [-0.2, -0.15) is 0 Å². The number of carbonyl (C=O) groups excluding carboxylic acids is 1. The summed E-state index contributed by atoms with van der Waals surface area (Å²) in [7, 11) is 1.56. The lowest BCUT2D eigenvalue weighted by molar-refractivity contribution is -0.116. The number of rotatable bonds is 6. The fraction of sp³-hybridized carbons (Fsp3) is 0.118. The second kappa shape index (κ2) is 8.86. The Morgan fingerprint density at radius 2 is 2.08 bits per heavy atom. The Morgan fingerprint density at radius 3 is 2.75 bits per heavy atom. The molecule has 2 aromatic rings. The summed E-state index contributed by atoms with van der Waals surface area (Å²) < 4.78 is 13.0. The van der Waals surface area contributed by atoms with Gasteiger partial charge in [0, 0.05) is 10.5 Å². The zero-order valence-electron chi connectivity index (χ0n) is 12.9. The maximum atomic E-state index is 11.2. The van der Waals surface area contributed by atoms with Crippen LogP contribution >= 0.6 is 31.9 Å². The molecule has 24 heavy (non-hydrogen) atoms. The average molecular weight is 456 g/mol. The number of ether oxygens (including phenoxy) is 2. The van der Waals surface area contributed by atoms with Crippen LogP contribution in [0.4, 0.5) is 0 Å². The van der Waals surface area contributed by atoms with Gasteiger partial charge in [-0.3, -0.25) is 10.2 Å². The molecule has 0 heterocycles. The highest BCUT2D eigenvalue weighted by atomic mass is 79.9. The fourth-order valence-electron chi connectivity index (χ4n) is 1.98. The zero-order valence-corrected chi connectivity index (χ0v) is 16.1. The molecular formula is C17H16Br2N2O3. The first-order valence-electron chi connectivity index (χ1n) is 6.97. The molecule has 0 fully saturated rings. The van der Waals surface area contributed by atoms with E-state index in [1.54, 1.807) is 19.3 Å². The molecule has 0 aliphatic carbocycles. The number of methoxy groups -OCH3 is 1. The van der Waals surface area contributed by atoms with Crippen LogP contribution < -0.4 is 20.7 Å². The first-order valence-corrected chi connectivity index (χ1v) is 8.55. The Labute approximate surface area is 157 Å². The number of hydrazine groups is 1. The smallest absolute Gasteiger partial charge is 0.257 e. The number of carbonyl (C=O) groups is 1. The lowest BCUT2D eigenvalue weighted by atomic mass is 10.2. The topological polar surface area (TPSA) is 73.6 Å². The number of hydrogen-bond acceptors (Lipinski definition) is 4. The zero-order chi connectivity index (χ0) is 17.5. The predicted octanol–water partition coefficient (Wildman–Crippen LogP) is 3.80. The summed E-state index contributed by atoms with van der Waals surface area (Å²) in [5, 5.41) is 0. The molecule has 0 aromatic heterocycles. The Kier molecular flexibility index (Phi) is 6.84. The lowest BCUT2D eigenvalue weighted by Crippen LogP contribution is -2.27. The molecule has 0 saturated carbocycles. The van der Waals surface area contributed by atoms with Crippen molar-refractivity contribution in [3.8, 4) is 11.5 Å². The van der Waals surface area contributed by atoms with E-state index in [4.69, 9.17) is 15.3 Å². The summed E-state index contributed by atoms with van der Waals surface area (Å²) in [6.07, 6.45) is 2.97. The van der Waals surface area contributed by atoms with Crippen molar-refractivity contribution >= 4 is 43.8 Å². The number of benzene rings is 2. The molecule has 2 rings (SSSR count). The summed E-state index contributed by atoms with van der Waals surface area (Å²) in [4.78, 5) is 11.2. The number of amides is 1. The lowest BCUT2D eigenvalue weighted by Gasteiger charge is -2.14. The van der Waals surface area contributed by atoms with E-state index in [0.717, 1.165) is 20.1 Å². The van der Waals surface area contributed by atoms with Gasteiger partial charge in [-0.15, -0.1) is 0 Å². The first kappa shape index (κ1) is 18.5. The highest BCUT2D eigenvalue weighted by Gasteiger charge is 2.11. The van der Waals surface area contributed by atoms with Crippen LogP contribution in [0.1, 0.15) is 11.1 Å². The highest BCUT2D eigenvalue weighted by Crippen LogP contribution is 2.37. The second-order valence-electron chi connectivity index (χ2n) is 4.79. The fourth-order valence-corrected chi connectivity index (χ4v) is 3.00. The van der Waals surface area contributed by atoms with E-state index < -0.39 is 0 Å². The molecule has 7 heteroatoms. The molecule has 0 unspecified atom stereocenters. The van der Waals surface area contributed by atoms with Gasteiger partial charge in [0.1, 0.15) is 6.61 Å². The van der Waals surface area contributed by atoms with E-state index in [-0.39, 0.29) is 5.91 Å². The van der Waals surface area contributed by atoms with E-state index in [2.05, 4.69) is 31.9 Å². The van der Waals surface area contributed by atoms with Crippen molar-refractivity contribution in [1.82, 2.24) is 5.43 Å². The molecule has 0 aliphatic heterocycles. The largest absolute Gasteiger partial charge is 0.493 e. The average Bonchev–Trinajstić information content (AvgIpc) is 2.58. The number of hydrogen-bond donors (Lipinski definition) is 2. The minimum Gasteiger partial charge on any atom is -0.493 e. The first-order chi connectivity index (χ1) is 11.5. The van der Waals surface area contributed by atoms with Gasteiger partial charge in [0.15, 0.2) is 11.5 Å². The van der Waals surface area contributed by atoms with Crippen LogP contribution in [0.5, 0.6) is 11.5 Å². The molecule has 0 bridgehead atoms. The van der Waals surface area contributed by atoms with Crippen molar-refractivity contribution in [3.05, 3.63) is 62.5 Å². The molecule has 0 aliphatic rings. The van der Waals surface area contributed by atoms with Crippen molar-refractivity contribution in [2.75, 3.05) is 7.11 Å². The molecule has 0 atom stereocenters. The standard InChI is InChI=1S/C17H16Br2N2O3/c1-23-15-9-11(5-6-16(22)21-20)8-14(19)17(15)24-10-12-3-2-4-13(18)7-12/h2-9H,10,20H2,1H3,(H,21,22)/b6-5+. The maximum Gasteiger partial charge on any atom is 0.257 e. The Balaban J connectivity index is 2.20. The van der Waals surface area contributed by atoms with Gasteiger partial charge in [-0.1, -0.05) is 28.1 Å². The van der Waals surface area contributed by atoms with Crippen molar-refractivity contribution in [1.29, 1.82) is 0 Å². The third kappa shape index (κ3) is 5.09. The van der Waals surface area contributed by atoms with Gasteiger partial charge >= 0.3 is 0 Å². The summed E-state index contributed by atoms with van der Waals surface area (Å²) >= 11 is 6.91. The monoisotopic (exact) mass is 454 g/mol. The molecule has 0 saturated heterocycles.